The summed E-state index contributed by atoms with van der Waals surface area (Å²) in [7, 11) is 0. The Bertz CT molecular complexity index is 1220. The van der Waals surface area contributed by atoms with Gasteiger partial charge in [0.25, 0.3) is 0 Å². The van der Waals surface area contributed by atoms with Crippen LogP contribution in [-0.2, 0) is 21.4 Å². The van der Waals surface area contributed by atoms with Crippen molar-refractivity contribution in [2.45, 2.75) is 94.9 Å². The maximum absolute atomic E-state index is 13.9. The highest BCUT2D eigenvalue weighted by atomic mass is 79.9. The summed E-state index contributed by atoms with van der Waals surface area (Å²) < 4.78 is 2.75. The molecule has 1 spiro atoms. The lowest BCUT2D eigenvalue weighted by atomic mass is 9.85. The van der Waals surface area contributed by atoms with Crippen LogP contribution in [0.2, 0.25) is 0 Å². The number of carbonyl (C=O) groups is 2. The molecule has 1 aromatic heterocycles. The van der Waals surface area contributed by atoms with Gasteiger partial charge in [-0.3, -0.25) is 9.59 Å². The molecule has 9 heteroatoms. The lowest BCUT2D eigenvalue weighted by Gasteiger charge is -2.34. The molecule has 2 aromatic rings. The van der Waals surface area contributed by atoms with Crippen molar-refractivity contribution in [1.82, 2.24) is 25.2 Å². The number of hydrogen-bond donors (Lipinski definition) is 2. The largest absolute Gasteiger partial charge is 0.391 e. The molecule has 8 nitrogen and oxygen atoms in total. The Morgan fingerprint density at radius 3 is 2.78 bits per heavy atom. The van der Waals surface area contributed by atoms with Crippen LogP contribution >= 0.6 is 15.9 Å². The van der Waals surface area contributed by atoms with E-state index in [9.17, 15) is 14.7 Å². The van der Waals surface area contributed by atoms with Gasteiger partial charge in [-0.2, -0.15) is 0 Å². The molecular formula is C27H34BrN5O3. The van der Waals surface area contributed by atoms with Gasteiger partial charge in [-0.25, -0.2) is 4.68 Å². The summed E-state index contributed by atoms with van der Waals surface area (Å²) in [5.41, 5.74) is 3.17. The number of hydrogen-bond acceptors (Lipinski definition) is 5. The minimum atomic E-state index is -0.721. The Labute approximate surface area is 219 Å². The molecule has 0 radical (unpaired) electrons. The fraction of sp³-hybridized carbons (Fsp3) is 0.630. The Balaban J connectivity index is 1.20. The number of benzene rings is 1. The molecule has 36 heavy (non-hydrogen) atoms. The zero-order chi connectivity index (χ0) is 25.4. The molecule has 2 unspecified atom stereocenters. The summed E-state index contributed by atoms with van der Waals surface area (Å²) in [6, 6.07) is 5.20. The van der Waals surface area contributed by atoms with Gasteiger partial charge >= 0.3 is 0 Å². The normalized spacial score (nSPS) is 29.9. The SMILES string of the molecule is CC(C)(C)[C@@H](C(=O)N1C[C@H](O)C[C@H]1C(=O)NC1CC12CCc1cc(Br)ccc12)n1cc(C2CC2)nn1. The van der Waals surface area contributed by atoms with Crippen molar-refractivity contribution in [2.24, 2.45) is 5.41 Å². The fourth-order valence-electron chi connectivity index (χ4n) is 6.41. The predicted octanol–water partition coefficient (Wildman–Crippen LogP) is 3.24. The average Bonchev–Trinajstić information content (AvgIpc) is 3.61. The van der Waals surface area contributed by atoms with Crippen LogP contribution in [0.1, 0.15) is 81.7 Å². The molecule has 4 aliphatic rings. The topological polar surface area (TPSA) is 100 Å². The third kappa shape index (κ3) is 4.08. The van der Waals surface area contributed by atoms with E-state index in [1.807, 2.05) is 27.0 Å². The first kappa shape index (κ1) is 24.1. The number of nitrogens with zero attached hydrogens (tertiary/aromatic N) is 4. The van der Waals surface area contributed by atoms with Crippen LogP contribution < -0.4 is 5.32 Å². The minimum Gasteiger partial charge on any atom is -0.391 e. The number of amides is 2. The number of carbonyl (C=O) groups excluding carboxylic acids is 2. The van der Waals surface area contributed by atoms with Crippen molar-refractivity contribution < 1.29 is 14.7 Å². The molecule has 1 aliphatic heterocycles. The average molecular weight is 557 g/mol. The number of halogens is 1. The van der Waals surface area contributed by atoms with E-state index in [4.69, 9.17) is 0 Å². The summed E-state index contributed by atoms with van der Waals surface area (Å²) in [5.74, 6) is 0.0829. The summed E-state index contributed by atoms with van der Waals surface area (Å²) in [6.07, 6.45) is 6.60. The summed E-state index contributed by atoms with van der Waals surface area (Å²) >= 11 is 3.56. The molecule has 3 fully saturated rings. The van der Waals surface area contributed by atoms with Crippen LogP contribution in [0.3, 0.4) is 0 Å². The second-order valence-corrected chi connectivity index (χ2v) is 13.2. The summed E-state index contributed by atoms with van der Waals surface area (Å²) in [4.78, 5) is 29.0. The standard InChI is InChI=1S/C27H34BrN5O3/c1-26(2,3)23(33-14-20(30-31-33)15-4-5-15)25(36)32-13-18(34)11-21(32)24(35)29-22-12-27(22)9-8-16-10-17(28)6-7-19(16)27/h6-7,10,14-15,18,21-23,34H,4-5,8-9,11-13H2,1-3H3,(H,29,35)/t18-,21+,22?,23-,27?/m1/s1. The Kier molecular flexibility index (Phi) is 5.61. The second-order valence-electron chi connectivity index (χ2n) is 12.3. The van der Waals surface area contributed by atoms with E-state index in [2.05, 4.69) is 49.8 Å². The van der Waals surface area contributed by atoms with Crippen LogP contribution in [0.15, 0.2) is 28.9 Å². The van der Waals surface area contributed by atoms with Crippen molar-refractivity contribution in [3.05, 3.63) is 45.7 Å². The zero-order valence-corrected chi connectivity index (χ0v) is 22.7. The van der Waals surface area contributed by atoms with Crippen molar-refractivity contribution in [3.63, 3.8) is 0 Å². The van der Waals surface area contributed by atoms with Crippen molar-refractivity contribution >= 4 is 27.7 Å². The number of nitrogens with one attached hydrogen (secondary N) is 1. The molecule has 2 heterocycles. The summed E-state index contributed by atoms with van der Waals surface area (Å²) in [5, 5.41) is 22.4. The maximum Gasteiger partial charge on any atom is 0.248 e. The number of aromatic nitrogens is 3. The molecule has 0 bridgehead atoms. The van der Waals surface area contributed by atoms with Gasteiger partial charge in [-0.05, 0) is 60.8 Å². The fourth-order valence-corrected chi connectivity index (χ4v) is 6.82. The third-order valence-corrected chi connectivity index (χ3v) is 9.04. The molecule has 2 saturated carbocycles. The van der Waals surface area contributed by atoms with Crippen LogP contribution in [0.5, 0.6) is 0 Å². The van der Waals surface area contributed by atoms with Gasteiger partial charge in [-0.1, -0.05) is 48.0 Å². The van der Waals surface area contributed by atoms with E-state index >= 15 is 0 Å². The van der Waals surface area contributed by atoms with Crippen molar-refractivity contribution in [2.75, 3.05) is 6.54 Å². The summed E-state index contributed by atoms with van der Waals surface area (Å²) in [6.45, 7) is 6.15. The Morgan fingerprint density at radius 2 is 2.06 bits per heavy atom. The second kappa shape index (κ2) is 8.38. The first-order valence-electron chi connectivity index (χ1n) is 13.1. The van der Waals surface area contributed by atoms with E-state index < -0.39 is 23.6 Å². The van der Waals surface area contributed by atoms with Crippen molar-refractivity contribution in [3.8, 4) is 0 Å². The number of aliphatic hydroxyl groups excluding tert-OH is 1. The lowest BCUT2D eigenvalue weighted by molar-refractivity contribution is -0.144. The third-order valence-electron chi connectivity index (χ3n) is 8.54. The van der Waals surface area contributed by atoms with Crippen LogP contribution in [-0.4, -0.2) is 61.5 Å². The highest BCUT2D eigenvalue weighted by Gasteiger charge is 2.59. The highest BCUT2D eigenvalue weighted by Crippen LogP contribution is 2.57. The lowest BCUT2D eigenvalue weighted by Crippen LogP contribution is -2.51. The Morgan fingerprint density at radius 1 is 1.28 bits per heavy atom. The molecular weight excluding hydrogens is 522 g/mol. The number of fused-ring (bicyclic) bond motifs is 2. The van der Waals surface area contributed by atoms with Gasteiger partial charge in [0.1, 0.15) is 12.1 Å². The first-order valence-corrected chi connectivity index (χ1v) is 13.9. The Hall–Kier alpha value is -2.26. The minimum absolute atomic E-state index is 0.00559. The van der Waals surface area contributed by atoms with Crippen LogP contribution in [0.25, 0.3) is 0 Å². The molecule has 3 aliphatic carbocycles. The van der Waals surface area contributed by atoms with Crippen molar-refractivity contribution in [1.29, 1.82) is 0 Å². The van der Waals surface area contributed by atoms with Gasteiger partial charge in [0, 0.05) is 41.0 Å². The predicted molar refractivity (Wildman–Crippen MR) is 137 cm³/mol. The molecule has 5 atom stereocenters. The van der Waals surface area contributed by atoms with E-state index in [0.717, 1.165) is 42.3 Å². The van der Waals surface area contributed by atoms with E-state index in [0.29, 0.717) is 5.92 Å². The number of likely N-dealkylation sites (tertiary alicyclic amines) is 1. The van der Waals surface area contributed by atoms with Gasteiger partial charge in [0.05, 0.1) is 11.8 Å². The molecule has 2 amide bonds. The highest BCUT2D eigenvalue weighted by molar-refractivity contribution is 9.10. The molecule has 1 saturated heterocycles. The van der Waals surface area contributed by atoms with Crippen LogP contribution in [0.4, 0.5) is 0 Å². The maximum atomic E-state index is 13.9. The quantitative estimate of drug-likeness (QED) is 0.589. The number of β-amino-alcohol motifs (C(OH)–C–C–N with tert-alkyl or cyclic N) is 1. The molecule has 192 valence electrons. The number of rotatable bonds is 5. The zero-order valence-electron chi connectivity index (χ0n) is 21.1. The van der Waals surface area contributed by atoms with E-state index in [-0.39, 0.29) is 36.2 Å². The monoisotopic (exact) mass is 555 g/mol. The van der Waals surface area contributed by atoms with E-state index in [1.165, 1.54) is 11.1 Å². The number of aliphatic hydroxyl groups is 1. The van der Waals surface area contributed by atoms with E-state index in [1.54, 1.807) is 9.58 Å². The number of aryl methyl sites for hydroxylation is 1. The molecule has 2 N–H and O–H groups in total. The first-order chi connectivity index (χ1) is 17.1. The van der Waals surface area contributed by atoms with Gasteiger partial charge in [0.15, 0.2) is 0 Å². The molecule has 1 aromatic carbocycles. The van der Waals surface area contributed by atoms with Gasteiger partial charge < -0.3 is 15.3 Å². The molecule has 6 rings (SSSR count). The smallest absolute Gasteiger partial charge is 0.248 e. The van der Waals surface area contributed by atoms with Gasteiger partial charge in [-0.15, -0.1) is 5.10 Å². The van der Waals surface area contributed by atoms with Crippen LogP contribution in [0, 0.1) is 5.41 Å². The van der Waals surface area contributed by atoms with Gasteiger partial charge in [0.2, 0.25) is 11.8 Å².